The highest BCUT2D eigenvalue weighted by atomic mass is 35.5. The molecule has 0 amide bonds. The van der Waals surface area contributed by atoms with E-state index in [1.165, 1.54) is 6.07 Å². The molecule has 1 heterocycles. The van der Waals surface area contributed by atoms with E-state index in [9.17, 15) is 4.39 Å². The van der Waals surface area contributed by atoms with Gasteiger partial charge in [-0.25, -0.2) is 14.4 Å². The smallest absolute Gasteiger partial charge is 0.322 e. The summed E-state index contributed by atoms with van der Waals surface area (Å²) in [5, 5.41) is 0.205. The van der Waals surface area contributed by atoms with E-state index in [-0.39, 0.29) is 22.5 Å². The molecule has 0 fully saturated rings. The van der Waals surface area contributed by atoms with Gasteiger partial charge in [0, 0.05) is 17.5 Å². The number of hydrogen-bond donors (Lipinski definition) is 1. The van der Waals surface area contributed by atoms with Gasteiger partial charge in [0.2, 0.25) is 0 Å². The molecule has 2 aromatic rings. The highest BCUT2D eigenvalue weighted by Gasteiger charge is 2.10. The standard InChI is InChI=1S/C12H11ClFN3O/c1-6-3-7(2)17-12(16-6)18-11-5-9(14)10(15)4-8(11)13/h3-5H,15H2,1-2H3. The normalized spacial score (nSPS) is 10.4. The van der Waals surface area contributed by atoms with E-state index in [4.69, 9.17) is 22.1 Å². The zero-order valence-electron chi connectivity index (χ0n) is 9.87. The summed E-state index contributed by atoms with van der Waals surface area (Å²) in [4.78, 5) is 8.15. The summed E-state index contributed by atoms with van der Waals surface area (Å²) >= 11 is 5.90. The van der Waals surface area contributed by atoms with Gasteiger partial charge in [-0.05, 0) is 26.0 Å². The van der Waals surface area contributed by atoms with Crippen LogP contribution in [0.4, 0.5) is 10.1 Å². The molecule has 0 aliphatic heterocycles. The number of aromatic nitrogens is 2. The van der Waals surface area contributed by atoms with Crippen molar-refractivity contribution in [1.82, 2.24) is 9.97 Å². The number of ether oxygens (including phenoxy) is 1. The van der Waals surface area contributed by atoms with Crippen molar-refractivity contribution in [2.75, 3.05) is 5.73 Å². The van der Waals surface area contributed by atoms with Crippen LogP contribution < -0.4 is 10.5 Å². The number of nitrogen functional groups attached to an aromatic ring is 1. The Labute approximate surface area is 109 Å². The molecule has 94 valence electrons. The molecule has 0 aliphatic carbocycles. The Morgan fingerprint density at radius 1 is 1.17 bits per heavy atom. The number of halogens is 2. The zero-order chi connectivity index (χ0) is 13.3. The van der Waals surface area contributed by atoms with Crippen molar-refractivity contribution < 1.29 is 9.13 Å². The van der Waals surface area contributed by atoms with Crippen molar-refractivity contribution in [2.45, 2.75) is 13.8 Å². The molecule has 1 aromatic heterocycles. The third-order valence-electron chi connectivity index (χ3n) is 2.21. The van der Waals surface area contributed by atoms with Gasteiger partial charge in [-0.1, -0.05) is 11.6 Å². The quantitative estimate of drug-likeness (QED) is 0.849. The maximum atomic E-state index is 13.3. The largest absolute Gasteiger partial charge is 0.423 e. The van der Waals surface area contributed by atoms with Crippen LogP contribution in [0.15, 0.2) is 18.2 Å². The number of nitrogens with two attached hydrogens (primary N) is 1. The first-order chi connectivity index (χ1) is 8.45. The second-order valence-electron chi connectivity index (χ2n) is 3.84. The third-order valence-corrected chi connectivity index (χ3v) is 2.51. The van der Waals surface area contributed by atoms with Gasteiger partial charge in [0.25, 0.3) is 0 Å². The van der Waals surface area contributed by atoms with Crippen LogP contribution in [0.5, 0.6) is 11.8 Å². The number of nitrogens with zero attached hydrogens (tertiary/aromatic N) is 2. The first-order valence-electron chi connectivity index (χ1n) is 5.20. The van der Waals surface area contributed by atoms with Gasteiger partial charge in [-0.15, -0.1) is 0 Å². The van der Waals surface area contributed by atoms with Crippen LogP contribution in [0.25, 0.3) is 0 Å². The number of benzene rings is 1. The van der Waals surface area contributed by atoms with E-state index in [0.717, 1.165) is 17.5 Å². The maximum absolute atomic E-state index is 13.3. The number of aryl methyl sites for hydroxylation is 2. The van der Waals surface area contributed by atoms with Crippen LogP contribution in [-0.2, 0) is 0 Å². The highest BCUT2D eigenvalue weighted by molar-refractivity contribution is 6.32. The molecule has 0 atom stereocenters. The van der Waals surface area contributed by atoms with Crippen molar-refractivity contribution in [2.24, 2.45) is 0 Å². The molecule has 0 spiro atoms. The van der Waals surface area contributed by atoms with Crippen LogP contribution >= 0.6 is 11.6 Å². The summed E-state index contributed by atoms with van der Waals surface area (Å²) in [6.45, 7) is 3.62. The molecule has 2 rings (SSSR count). The molecule has 0 unspecified atom stereocenters. The predicted molar refractivity (Wildman–Crippen MR) is 67.4 cm³/mol. The Morgan fingerprint density at radius 3 is 2.39 bits per heavy atom. The Morgan fingerprint density at radius 2 is 1.78 bits per heavy atom. The molecule has 0 aliphatic rings. The first-order valence-corrected chi connectivity index (χ1v) is 5.58. The summed E-state index contributed by atoms with van der Waals surface area (Å²) in [6, 6.07) is 4.32. The SMILES string of the molecule is Cc1cc(C)nc(Oc2cc(F)c(N)cc2Cl)n1. The molecule has 0 bridgehead atoms. The van der Waals surface area contributed by atoms with E-state index < -0.39 is 5.82 Å². The first kappa shape index (κ1) is 12.6. The summed E-state index contributed by atoms with van der Waals surface area (Å²) < 4.78 is 18.7. The van der Waals surface area contributed by atoms with Gasteiger partial charge in [-0.3, -0.25) is 0 Å². The second kappa shape index (κ2) is 4.78. The summed E-state index contributed by atoms with van der Waals surface area (Å²) in [5.74, 6) is -0.466. The lowest BCUT2D eigenvalue weighted by Gasteiger charge is -2.08. The van der Waals surface area contributed by atoms with Gasteiger partial charge < -0.3 is 10.5 Å². The third kappa shape index (κ3) is 2.68. The minimum Gasteiger partial charge on any atom is -0.423 e. The molecule has 2 N–H and O–H groups in total. The lowest BCUT2D eigenvalue weighted by atomic mass is 10.3. The van der Waals surface area contributed by atoms with Gasteiger partial charge >= 0.3 is 6.01 Å². The summed E-state index contributed by atoms with van der Waals surface area (Å²) in [7, 11) is 0. The van der Waals surface area contributed by atoms with Gasteiger partial charge in [0.05, 0.1) is 10.7 Å². The van der Waals surface area contributed by atoms with Crippen LogP contribution in [0.3, 0.4) is 0 Å². The monoisotopic (exact) mass is 267 g/mol. The van der Waals surface area contributed by atoms with Crippen LogP contribution in [-0.4, -0.2) is 9.97 Å². The lowest BCUT2D eigenvalue weighted by Crippen LogP contribution is -1.98. The Balaban J connectivity index is 2.36. The minimum absolute atomic E-state index is 0.0336. The Hall–Kier alpha value is -1.88. The molecule has 4 nitrogen and oxygen atoms in total. The van der Waals surface area contributed by atoms with E-state index >= 15 is 0 Å². The molecule has 1 aromatic carbocycles. The number of hydrogen-bond acceptors (Lipinski definition) is 4. The second-order valence-corrected chi connectivity index (χ2v) is 4.25. The average Bonchev–Trinajstić information content (AvgIpc) is 2.24. The molecule has 0 radical (unpaired) electrons. The highest BCUT2D eigenvalue weighted by Crippen LogP contribution is 2.31. The molecular formula is C12H11ClFN3O. The summed E-state index contributed by atoms with van der Waals surface area (Å²) in [5.41, 5.74) is 6.86. The lowest BCUT2D eigenvalue weighted by molar-refractivity contribution is 0.435. The fourth-order valence-corrected chi connectivity index (χ4v) is 1.67. The van der Waals surface area contributed by atoms with Gasteiger partial charge in [0.1, 0.15) is 5.82 Å². The van der Waals surface area contributed by atoms with E-state index in [0.29, 0.717) is 0 Å². The van der Waals surface area contributed by atoms with Crippen molar-refractivity contribution in [3.8, 4) is 11.8 Å². The van der Waals surface area contributed by atoms with Crippen molar-refractivity contribution >= 4 is 17.3 Å². The molecule has 0 saturated heterocycles. The Kier molecular flexibility index (Phi) is 3.34. The molecular weight excluding hydrogens is 257 g/mol. The van der Waals surface area contributed by atoms with Gasteiger partial charge in [0.15, 0.2) is 5.75 Å². The van der Waals surface area contributed by atoms with Crippen LogP contribution in [0, 0.1) is 19.7 Å². The number of rotatable bonds is 2. The van der Waals surface area contributed by atoms with E-state index in [1.807, 2.05) is 13.8 Å². The zero-order valence-corrected chi connectivity index (χ0v) is 10.6. The van der Waals surface area contributed by atoms with Crippen molar-refractivity contribution in [3.63, 3.8) is 0 Å². The fourth-order valence-electron chi connectivity index (χ4n) is 1.46. The maximum Gasteiger partial charge on any atom is 0.322 e. The Bertz CT molecular complexity index is 584. The van der Waals surface area contributed by atoms with Crippen molar-refractivity contribution in [1.29, 1.82) is 0 Å². The topological polar surface area (TPSA) is 61.0 Å². The van der Waals surface area contributed by atoms with Crippen LogP contribution in [0.1, 0.15) is 11.4 Å². The fraction of sp³-hybridized carbons (Fsp3) is 0.167. The molecule has 6 heteroatoms. The predicted octanol–water partition coefficient (Wildman–Crippen LogP) is 3.26. The van der Waals surface area contributed by atoms with E-state index in [2.05, 4.69) is 9.97 Å². The summed E-state index contributed by atoms with van der Waals surface area (Å²) in [6.07, 6.45) is 0. The van der Waals surface area contributed by atoms with E-state index in [1.54, 1.807) is 6.07 Å². The van der Waals surface area contributed by atoms with Crippen molar-refractivity contribution in [3.05, 3.63) is 40.4 Å². The molecule has 18 heavy (non-hydrogen) atoms. The molecule has 0 saturated carbocycles. The van der Waals surface area contributed by atoms with Gasteiger partial charge in [-0.2, -0.15) is 0 Å². The average molecular weight is 268 g/mol. The van der Waals surface area contributed by atoms with Crippen LogP contribution in [0.2, 0.25) is 5.02 Å². The minimum atomic E-state index is -0.598. The number of anilines is 1.